The smallest absolute Gasteiger partial charge is 0.267 e. The monoisotopic (exact) mass is 470 g/mol. The number of pyridine rings is 2. The van der Waals surface area contributed by atoms with Crippen molar-refractivity contribution in [2.24, 2.45) is 0 Å². The molecular formula is C24H27FN4O5. The van der Waals surface area contributed by atoms with Crippen LogP contribution in [0.2, 0.25) is 0 Å². The Balaban J connectivity index is 2.11. The summed E-state index contributed by atoms with van der Waals surface area (Å²) in [5, 5.41) is 22.6. The molecule has 0 aliphatic carbocycles. The third-order valence-electron chi connectivity index (χ3n) is 5.44. The van der Waals surface area contributed by atoms with Gasteiger partial charge in [0.1, 0.15) is 16.9 Å². The molecule has 2 heterocycles. The number of halogens is 1. The zero-order chi connectivity index (χ0) is 25.0. The first-order valence-electron chi connectivity index (χ1n) is 10.7. The van der Waals surface area contributed by atoms with Crippen LogP contribution in [-0.4, -0.2) is 62.7 Å². The van der Waals surface area contributed by atoms with Crippen molar-refractivity contribution >= 4 is 22.8 Å². The molecule has 3 rings (SSSR count). The highest BCUT2D eigenvalue weighted by molar-refractivity contribution is 6.01. The van der Waals surface area contributed by atoms with Gasteiger partial charge >= 0.3 is 0 Å². The molecule has 10 heteroatoms. The van der Waals surface area contributed by atoms with Crippen molar-refractivity contribution in [3.8, 4) is 5.75 Å². The van der Waals surface area contributed by atoms with Crippen LogP contribution in [0.5, 0.6) is 5.75 Å². The first-order valence-corrected chi connectivity index (χ1v) is 10.7. The van der Waals surface area contributed by atoms with E-state index in [1.807, 2.05) is 0 Å². The summed E-state index contributed by atoms with van der Waals surface area (Å²) >= 11 is 0. The Labute approximate surface area is 195 Å². The minimum Gasteiger partial charge on any atom is -0.505 e. The van der Waals surface area contributed by atoms with Crippen molar-refractivity contribution < 1.29 is 24.2 Å². The number of nitrogens with zero attached hydrogens (tertiary/aromatic N) is 3. The second-order valence-corrected chi connectivity index (χ2v) is 8.19. The van der Waals surface area contributed by atoms with Gasteiger partial charge in [-0.25, -0.2) is 4.39 Å². The molecule has 0 saturated heterocycles. The van der Waals surface area contributed by atoms with Crippen molar-refractivity contribution in [3.05, 3.63) is 69.4 Å². The fourth-order valence-corrected chi connectivity index (χ4v) is 3.44. The van der Waals surface area contributed by atoms with Gasteiger partial charge in [0.05, 0.1) is 11.6 Å². The first kappa shape index (κ1) is 24.8. The van der Waals surface area contributed by atoms with Gasteiger partial charge in [-0.3, -0.25) is 19.4 Å². The van der Waals surface area contributed by atoms with Crippen LogP contribution in [0.3, 0.4) is 0 Å². The summed E-state index contributed by atoms with van der Waals surface area (Å²) < 4.78 is 14.5. The van der Waals surface area contributed by atoms with E-state index in [0.717, 1.165) is 5.56 Å². The highest BCUT2D eigenvalue weighted by Gasteiger charge is 2.24. The number of benzene rings is 1. The summed E-state index contributed by atoms with van der Waals surface area (Å²) in [4.78, 5) is 43.3. The van der Waals surface area contributed by atoms with E-state index in [1.165, 1.54) is 41.6 Å². The minimum absolute atomic E-state index is 0.0510. The zero-order valence-corrected chi connectivity index (χ0v) is 19.2. The molecule has 0 bridgehead atoms. The lowest BCUT2D eigenvalue weighted by atomic mass is 10.1. The molecule has 0 radical (unpaired) electrons. The number of likely N-dealkylation sites (N-methyl/N-ethyl adjacent to an activating group) is 1. The van der Waals surface area contributed by atoms with E-state index in [0.29, 0.717) is 17.5 Å². The van der Waals surface area contributed by atoms with Gasteiger partial charge in [0.15, 0.2) is 5.75 Å². The van der Waals surface area contributed by atoms with Gasteiger partial charge in [0, 0.05) is 39.8 Å². The number of amides is 2. The molecule has 1 aromatic carbocycles. The van der Waals surface area contributed by atoms with Gasteiger partial charge in [-0.2, -0.15) is 0 Å². The Hall–Kier alpha value is -3.79. The molecule has 3 aromatic rings. The van der Waals surface area contributed by atoms with Crippen LogP contribution in [0.25, 0.3) is 11.0 Å². The fraction of sp³-hybridized carbons (Fsp3) is 0.333. The molecule has 2 aromatic heterocycles. The summed E-state index contributed by atoms with van der Waals surface area (Å²) in [5.41, 5.74) is 0.647. The van der Waals surface area contributed by atoms with Crippen LogP contribution in [0, 0.1) is 5.82 Å². The molecule has 9 nitrogen and oxygen atoms in total. The third-order valence-corrected chi connectivity index (χ3v) is 5.44. The number of aliphatic hydroxyl groups is 1. The molecular weight excluding hydrogens is 443 g/mol. The van der Waals surface area contributed by atoms with E-state index < -0.39 is 28.9 Å². The molecule has 0 fully saturated rings. The molecule has 1 unspecified atom stereocenters. The lowest BCUT2D eigenvalue weighted by Crippen LogP contribution is -2.38. The Morgan fingerprint density at radius 2 is 1.91 bits per heavy atom. The largest absolute Gasteiger partial charge is 0.505 e. The fourth-order valence-electron chi connectivity index (χ4n) is 3.44. The second-order valence-electron chi connectivity index (χ2n) is 8.19. The van der Waals surface area contributed by atoms with E-state index in [1.54, 1.807) is 25.2 Å². The minimum atomic E-state index is -0.842. The van der Waals surface area contributed by atoms with Crippen LogP contribution < -0.4 is 10.9 Å². The summed E-state index contributed by atoms with van der Waals surface area (Å²) in [6, 6.07) is 7.66. The van der Waals surface area contributed by atoms with E-state index in [-0.39, 0.29) is 36.9 Å². The van der Waals surface area contributed by atoms with E-state index in [2.05, 4.69) is 10.3 Å². The van der Waals surface area contributed by atoms with Crippen LogP contribution in [0.4, 0.5) is 4.39 Å². The summed E-state index contributed by atoms with van der Waals surface area (Å²) in [5.74, 6) is -1.94. The number of aliphatic hydroxyl groups excluding tert-OH is 1. The summed E-state index contributed by atoms with van der Waals surface area (Å²) in [6.07, 6.45) is 1.08. The van der Waals surface area contributed by atoms with Crippen molar-refractivity contribution in [2.45, 2.75) is 32.9 Å². The standard InChI is InChI=1S/C24H27FN4O5/c1-14(30)12-27-23(33)20-22(32)21-19(29(24(20)34)9-8-28(3)15(2)31)11-17(13-26-21)10-16-4-6-18(25)7-5-16/h4-7,11,13-14,30,32H,8-10,12H2,1-3H3,(H,27,33). The van der Waals surface area contributed by atoms with Gasteiger partial charge in [-0.05, 0) is 42.7 Å². The summed E-state index contributed by atoms with van der Waals surface area (Å²) in [7, 11) is 1.59. The second kappa shape index (κ2) is 10.4. The molecule has 180 valence electrons. The molecule has 2 amide bonds. The number of hydrogen-bond acceptors (Lipinski definition) is 6. The van der Waals surface area contributed by atoms with E-state index in [9.17, 15) is 29.0 Å². The lowest BCUT2D eigenvalue weighted by molar-refractivity contribution is -0.127. The number of aromatic nitrogens is 2. The number of aromatic hydroxyl groups is 1. The zero-order valence-electron chi connectivity index (χ0n) is 19.2. The van der Waals surface area contributed by atoms with Crippen molar-refractivity contribution in [2.75, 3.05) is 20.1 Å². The number of nitrogens with one attached hydrogen (secondary N) is 1. The molecule has 0 aliphatic heterocycles. The third kappa shape index (κ3) is 5.57. The number of fused-ring (bicyclic) bond motifs is 1. The van der Waals surface area contributed by atoms with Gasteiger partial charge in [0.25, 0.3) is 11.5 Å². The van der Waals surface area contributed by atoms with Gasteiger partial charge < -0.3 is 25.0 Å². The van der Waals surface area contributed by atoms with Crippen molar-refractivity contribution in [3.63, 3.8) is 0 Å². The van der Waals surface area contributed by atoms with Crippen molar-refractivity contribution in [1.29, 1.82) is 0 Å². The Bertz CT molecular complexity index is 1270. The average Bonchev–Trinajstić information content (AvgIpc) is 2.78. The Kier molecular flexibility index (Phi) is 7.62. The maximum Gasteiger partial charge on any atom is 0.267 e. The predicted molar refractivity (Wildman–Crippen MR) is 124 cm³/mol. The average molecular weight is 471 g/mol. The predicted octanol–water partition coefficient (Wildman–Crippen LogP) is 1.42. The maximum atomic E-state index is 13.3. The SMILES string of the molecule is CC(=O)N(C)CCn1c(=O)c(C(=O)NCC(C)O)c(O)c2ncc(Cc3ccc(F)cc3)cc21. The van der Waals surface area contributed by atoms with Crippen LogP contribution in [-0.2, 0) is 17.8 Å². The van der Waals surface area contributed by atoms with E-state index in [4.69, 9.17) is 0 Å². The molecule has 3 N–H and O–H groups in total. The quantitative estimate of drug-likeness (QED) is 0.457. The first-order chi connectivity index (χ1) is 16.1. The van der Waals surface area contributed by atoms with Gasteiger partial charge in [-0.1, -0.05) is 12.1 Å². The van der Waals surface area contributed by atoms with Crippen LogP contribution in [0.15, 0.2) is 41.3 Å². The molecule has 0 aliphatic rings. The highest BCUT2D eigenvalue weighted by atomic mass is 19.1. The Morgan fingerprint density at radius 1 is 1.24 bits per heavy atom. The van der Waals surface area contributed by atoms with Gasteiger partial charge in [0.2, 0.25) is 5.91 Å². The molecule has 0 spiro atoms. The molecule has 1 atom stereocenters. The topological polar surface area (TPSA) is 125 Å². The summed E-state index contributed by atoms with van der Waals surface area (Å²) in [6.45, 7) is 3.01. The highest BCUT2D eigenvalue weighted by Crippen LogP contribution is 2.26. The molecule has 34 heavy (non-hydrogen) atoms. The lowest BCUT2D eigenvalue weighted by Gasteiger charge is -2.19. The number of rotatable bonds is 8. The number of carbonyl (C=O) groups excluding carboxylic acids is 2. The normalized spacial score (nSPS) is 11.9. The number of hydrogen-bond donors (Lipinski definition) is 3. The maximum absolute atomic E-state index is 13.3. The van der Waals surface area contributed by atoms with Crippen LogP contribution >= 0.6 is 0 Å². The van der Waals surface area contributed by atoms with Crippen LogP contribution in [0.1, 0.15) is 35.3 Å². The van der Waals surface area contributed by atoms with Gasteiger partial charge in [-0.15, -0.1) is 0 Å². The van der Waals surface area contributed by atoms with E-state index >= 15 is 0 Å². The Morgan fingerprint density at radius 3 is 2.53 bits per heavy atom. The van der Waals surface area contributed by atoms with Crippen molar-refractivity contribution in [1.82, 2.24) is 19.8 Å². The molecule has 0 saturated carbocycles. The number of carbonyl (C=O) groups is 2.